The highest BCUT2D eigenvalue weighted by Gasteiger charge is 2.31. The monoisotopic (exact) mass is 388 g/mol. The van der Waals surface area contributed by atoms with E-state index in [1.165, 1.54) is 0 Å². The van der Waals surface area contributed by atoms with Crippen molar-refractivity contribution in [1.29, 1.82) is 0 Å². The van der Waals surface area contributed by atoms with Gasteiger partial charge in [0.15, 0.2) is 0 Å². The lowest BCUT2D eigenvalue weighted by Gasteiger charge is -2.19. The van der Waals surface area contributed by atoms with Gasteiger partial charge in [0.2, 0.25) is 10.0 Å². The van der Waals surface area contributed by atoms with Crippen molar-refractivity contribution in [3.8, 4) is 5.75 Å². The van der Waals surface area contributed by atoms with Gasteiger partial charge in [-0.3, -0.25) is 0 Å². The minimum atomic E-state index is -4.82. The number of nitrogens with zero attached hydrogens (tertiary/aromatic N) is 1. The van der Waals surface area contributed by atoms with Gasteiger partial charge in [-0.1, -0.05) is 18.2 Å². The molecule has 0 spiro atoms. The summed E-state index contributed by atoms with van der Waals surface area (Å²) in [5.41, 5.74) is 1.02. The summed E-state index contributed by atoms with van der Waals surface area (Å²) in [5.74, 6) is -0.471. The molecule has 26 heavy (non-hydrogen) atoms. The number of hydrogen-bond acceptors (Lipinski definition) is 4. The SMILES string of the molecule is CN(CCCNS(=O)(=O)c1ccc(OC(F)(F)F)cc1)c1ccccc1. The van der Waals surface area contributed by atoms with Gasteiger partial charge in [0, 0.05) is 25.8 Å². The Balaban J connectivity index is 1.85. The summed E-state index contributed by atoms with van der Waals surface area (Å²) >= 11 is 0. The molecule has 0 radical (unpaired) electrons. The number of rotatable bonds is 8. The molecule has 0 heterocycles. The van der Waals surface area contributed by atoms with Crippen LogP contribution >= 0.6 is 0 Å². The smallest absolute Gasteiger partial charge is 0.406 e. The Bertz CT molecular complexity index is 794. The molecule has 0 aliphatic heterocycles. The van der Waals surface area contributed by atoms with Crippen LogP contribution in [0.3, 0.4) is 0 Å². The number of benzene rings is 2. The van der Waals surface area contributed by atoms with E-state index in [-0.39, 0.29) is 11.4 Å². The lowest BCUT2D eigenvalue weighted by Crippen LogP contribution is -2.28. The number of anilines is 1. The predicted octanol–water partition coefficient (Wildman–Crippen LogP) is 3.39. The van der Waals surface area contributed by atoms with Crippen LogP contribution in [0.2, 0.25) is 0 Å². The van der Waals surface area contributed by atoms with Crippen LogP contribution < -0.4 is 14.4 Å². The van der Waals surface area contributed by atoms with Gasteiger partial charge in [-0.2, -0.15) is 0 Å². The summed E-state index contributed by atoms with van der Waals surface area (Å²) in [5, 5.41) is 0. The summed E-state index contributed by atoms with van der Waals surface area (Å²) < 4.78 is 66.8. The van der Waals surface area contributed by atoms with Crippen LogP contribution in [0.1, 0.15) is 6.42 Å². The number of halogens is 3. The normalized spacial score (nSPS) is 12.0. The summed E-state index contributed by atoms with van der Waals surface area (Å²) in [7, 11) is -1.88. The van der Waals surface area contributed by atoms with E-state index in [1.54, 1.807) is 0 Å². The summed E-state index contributed by atoms with van der Waals surface area (Å²) in [6, 6.07) is 13.7. The topological polar surface area (TPSA) is 58.6 Å². The molecule has 0 bridgehead atoms. The van der Waals surface area contributed by atoms with Crippen molar-refractivity contribution in [1.82, 2.24) is 4.72 Å². The molecule has 0 saturated heterocycles. The van der Waals surface area contributed by atoms with Crippen LogP contribution in [-0.4, -0.2) is 34.9 Å². The van der Waals surface area contributed by atoms with E-state index in [0.717, 1.165) is 30.0 Å². The molecule has 0 amide bonds. The molecule has 2 aromatic carbocycles. The minimum Gasteiger partial charge on any atom is -0.406 e. The first-order chi connectivity index (χ1) is 12.2. The third-order valence-corrected chi connectivity index (χ3v) is 5.00. The Morgan fingerprint density at radius 1 is 1.04 bits per heavy atom. The quantitative estimate of drug-likeness (QED) is 0.705. The van der Waals surface area contributed by atoms with Gasteiger partial charge in [-0.05, 0) is 42.8 Å². The van der Waals surface area contributed by atoms with Crippen molar-refractivity contribution >= 4 is 15.7 Å². The molecule has 5 nitrogen and oxygen atoms in total. The standard InChI is InChI=1S/C17H19F3N2O3S/c1-22(14-6-3-2-4-7-14)13-5-12-21-26(23,24)16-10-8-15(9-11-16)25-17(18,19)20/h2-4,6-11,21H,5,12-13H2,1H3. The lowest BCUT2D eigenvalue weighted by molar-refractivity contribution is -0.274. The zero-order chi connectivity index (χ0) is 19.2. The second-order valence-electron chi connectivity index (χ2n) is 5.53. The Morgan fingerprint density at radius 3 is 2.23 bits per heavy atom. The van der Waals surface area contributed by atoms with E-state index in [0.29, 0.717) is 13.0 Å². The minimum absolute atomic E-state index is 0.122. The summed E-state index contributed by atoms with van der Waals surface area (Å²) in [6.45, 7) is 0.852. The van der Waals surface area contributed by atoms with Crippen molar-refractivity contribution in [2.24, 2.45) is 0 Å². The fourth-order valence-corrected chi connectivity index (χ4v) is 3.31. The van der Waals surface area contributed by atoms with Crippen LogP contribution in [0.5, 0.6) is 5.75 Å². The average Bonchev–Trinajstić information content (AvgIpc) is 2.58. The summed E-state index contributed by atoms with van der Waals surface area (Å²) in [6.07, 6.45) is -4.25. The average molecular weight is 388 g/mol. The molecular formula is C17H19F3N2O3S. The highest BCUT2D eigenvalue weighted by Crippen LogP contribution is 2.23. The van der Waals surface area contributed by atoms with Crippen molar-refractivity contribution in [2.75, 3.05) is 25.0 Å². The van der Waals surface area contributed by atoms with Gasteiger partial charge >= 0.3 is 6.36 Å². The zero-order valence-electron chi connectivity index (χ0n) is 14.0. The summed E-state index contributed by atoms with van der Waals surface area (Å²) in [4.78, 5) is 1.88. The van der Waals surface area contributed by atoms with Crippen molar-refractivity contribution < 1.29 is 26.3 Å². The molecule has 1 N–H and O–H groups in total. The van der Waals surface area contributed by atoms with Gasteiger partial charge < -0.3 is 9.64 Å². The molecule has 0 aromatic heterocycles. The van der Waals surface area contributed by atoms with Gasteiger partial charge in [0.1, 0.15) is 5.75 Å². The number of sulfonamides is 1. The Hall–Kier alpha value is -2.26. The second kappa shape index (κ2) is 8.41. The van der Waals surface area contributed by atoms with E-state index in [9.17, 15) is 21.6 Å². The van der Waals surface area contributed by atoms with Crippen LogP contribution in [0.25, 0.3) is 0 Å². The van der Waals surface area contributed by atoms with Gasteiger partial charge in [-0.15, -0.1) is 13.2 Å². The van der Waals surface area contributed by atoms with Gasteiger partial charge in [0.05, 0.1) is 4.90 Å². The largest absolute Gasteiger partial charge is 0.573 e. The maximum absolute atomic E-state index is 12.2. The molecule has 0 aliphatic rings. The second-order valence-corrected chi connectivity index (χ2v) is 7.29. The molecule has 9 heteroatoms. The maximum Gasteiger partial charge on any atom is 0.573 e. The molecule has 0 aliphatic carbocycles. The molecule has 0 unspecified atom stereocenters. The van der Waals surface area contributed by atoms with Crippen LogP contribution in [-0.2, 0) is 10.0 Å². The Kier molecular flexibility index (Phi) is 6.49. The number of ether oxygens (including phenoxy) is 1. The van der Waals surface area contributed by atoms with E-state index < -0.39 is 22.1 Å². The molecule has 2 rings (SSSR count). The number of hydrogen-bond donors (Lipinski definition) is 1. The van der Waals surface area contributed by atoms with E-state index in [2.05, 4.69) is 9.46 Å². The van der Waals surface area contributed by atoms with E-state index in [1.807, 2.05) is 42.3 Å². The first-order valence-electron chi connectivity index (χ1n) is 7.79. The zero-order valence-corrected chi connectivity index (χ0v) is 14.8. The van der Waals surface area contributed by atoms with Gasteiger partial charge in [0.25, 0.3) is 0 Å². The van der Waals surface area contributed by atoms with Crippen molar-refractivity contribution in [2.45, 2.75) is 17.7 Å². The van der Waals surface area contributed by atoms with Crippen LogP contribution in [0.15, 0.2) is 59.5 Å². The van der Waals surface area contributed by atoms with Crippen LogP contribution in [0, 0.1) is 0 Å². The molecule has 0 saturated carbocycles. The van der Waals surface area contributed by atoms with E-state index >= 15 is 0 Å². The number of para-hydroxylation sites is 1. The van der Waals surface area contributed by atoms with Gasteiger partial charge in [-0.25, -0.2) is 13.1 Å². The number of alkyl halides is 3. The molecule has 0 atom stereocenters. The molecular weight excluding hydrogens is 369 g/mol. The first kappa shape index (κ1) is 20.1. The highest BCUT2D eigenvalue weighted by molar-refractivity contribution is 7.89. The Morgan fingerprint density at radius 2 is 1.65 bits per heavy atom. The third kappa shape index (κ3) is 6.23. The maximum atomic E-state index is 12.2. The van der Waals surface area contributed by atoms with Crippen molar-refractivity contribution in [3.63, 3.8) is 0 Å². The number of nitrogens with one attached hydrogen (secondary N) is 1. The molecule has 142 valence electrons. The molecule has 2 aromatic rings. The first-order valence-corrected chi connectivity index (χ1v) is 9.27. The Labute approximate surface area is 150 Å². The van der Waals surface area contributed by atoms with Crippen molar-refractivity contribution in [3.05, 3.63) is 54.6 Å². The fraction of sp³-hybridized carbons (Fsp3) is 0.294. The predicted molar refractivity (Wildman–Crippen MR) is 92.6 cm³/mol. The molecule has 0 fully saturated rings. The fourth-order valence-electron chi connectivity index (χ4n) is 2.24. The third-order valence-electron chi connectivity index (χ3n) is 3.53. The lowest BCUT2D eigenvalue weighted by atomic mass is 10.3. The van der Waals surface area contributed by atoms with Crippen LogP contribution in [0.4, 0.5) is 18.9 Å². The van der Waals surface area contributed by atoms with E-state index in [4.69, 9.17) is 0 Å². The highest BCUT2D eigenvalue weighted by atomic mass is 32.2.